The molecule has 3 nitrogen and oxygen atoms in total. The Labute approximate surface area is 104 Å². The van der Waals surface area contributed by atoms with Crippen molar-refractivity contribution in [1.29, 1.82) is 0 Å². The predicted molar refractivity (Wildman–Crippen MR) is 71.9 cm³/mol. The molecule has 0 aliphatic heterocycles. The molecule has 96 valence electrons. The molecule has 0 saturated heterocycles. The first kappa shape index (κ1) is 14.0. The van der Waals surface area contributed by atoms with E-state index in [1.165, 1.54) is 12.0 Å². The van der Waals surface area contributed by atoms with Crippen LogP contribution < -0.4 is 16.0 Å². The highest BCUT2D eigenvalue weighted by Crippen LogP contribution is 2.28. The number of aryl methyl sites for hydroxylation is 1. The number of nitrogens with two attached hydrogens (primary N) is 1. The van der Waals surface area contributed by atoms with Crippen molar-refractivity contribution in [3.8, 4) is 5.75 Å². The minimum absolute atomic E-state index is 0.185. The van der Waals surface area contributed by atoms with Gasteiger partial charge in [-0.3, -0.25) is 11.3 Å². The van der Waals surface area contributed by atoms with Gasteiger partial charge >= 0.3 is 0 Å². The lowest BCUT2D eigenvalue weighted by Crippen LogP contribution is -2.32. The molecule has 3 N–H and O–H groups in total. The van der Waals surface area contributed by atoms with E-state index < -0.39 is 0 Å². The molecule has 0 radical (unpaired) electrons. The first-order valence-electron chi connectivity index (χ1n) is 6.24. The predicted octanol–water partition coefficient (Wildman–Crippen LogP) is 2.94. The van der Waals surface area contributed by atoms with Crippen LogP contribution in [0, 0.1) is 12.8 Å². The van der Waals surface area contributed by atoms with Crippen molar-refractivity contribution in [2.45, 2.75) is 39.7 Å². The molecule has 3 heteroatoms. The van der Waals surface area contributed by atoms with E-state index in [1.54, 1.807) is 7.11 Å². The molecule has 1 aromatic rings. The maximum Gasteiger partial charge on any atom is 0.122 e. The van der Waals surface area contributed by atoms with Crippen molar-refractivity contribution in [2.75, 3.05) is 7.11 Å². The first-order chi connectivity index (χ1) is 8.13. The van der Waals surface area contributed by atoms with Crippen LogP contribution >= 0.6 is 0 Å². The third kappa shape index (κ3) is 3.45. The van der Waals surface area contributed by atoms with Crippen molar-refractivity contribution >= 4 is 0 Å². The van der Waals surface area contributed by atoms with Gasteiger partial charge in [-0.05, 0) is 36.5 Å². The van der Waals surface area contributed by atoms with E-state index in [-0.39, 0.29) is 6.04 Å². The fourth-order valence-electron chi connectivity index (χ4n) is 2.24. The van der Waals surface area contributed by atoms with Gasteiger partial charge in [0.25, 0.3) is 0 Å². The molecule has 0 saturated carbocycles. The van der Waals surface area contributed by atoms with Gasteiger partial charge in [-0.1, -0.05) is 32.4 Å². The summed E-state index contributed by atoms with van der Waals surface area (Å²) in [4.78, 5) is 0. The van der Waals surface area contributed by atoms with Gasteiger partial charge in [0, 0.05) is 6.04 Å². The number of rotatable bonds is 6. The number of methoxy groups -OCH3 is 1. The van der Waals surface area contributed by atoms with Gasteiger partial charge in [-0.15, -0.1) is 0 Å². The minimum atomic E-state index is 0.185. The van der Waals surface area contributed by atoms with Crippen LogP contribution in [-0.4, -0.2) is 7.11 Å². The molecule has 17 heavy (non-hydrogen) atoms. The lowest BCUT2D eigenvalue weighted by molar-refractivity contribution is 0.364. The average Bonchev–Trinajstić information content (AvgIpc) is 2.32. The number of ether oxygens (including phenoxy) is 1. The molecule has 2 atom stereocenters. The molecule has 0 bridgehead atoms. The molecule has 0 aliphatic carbocycles. The van der Waals surface area contributed by atoms with Crippen LogP contribution in [0.3, 0.4) is 0 Å². The molecule has 2 unspecified atom stereocenters. The number of hydrogen-bond donors (Lipinski definition) is 2. The minimum Gasteiger partial charge on any atom is -0.496 e. The number of nitrogens with one attached hydrogen (secondary N) is 1. The van der Waals surface area contributed by atoms with Crippen LogP contribution in [0.1, 0.15) is 43.9 Å². The highest BCUT2D eigenvalue weighted by molar-refractivity contribution is 5.38. The fraction of sp³-hybridized carbons (Fsp3) is 0.571. The summed E-state index contributed by atoms with van der Waals surface area (Å²) in [6, 6.07) is 6.46. The van der Waals surface area contributed by atoms with Gasteiger partial charge in [0.05, 0.1) is 7.11 Å². The molecular formula is C14H24N2O. The Morgan fingerprint density at radius 1 is 1.41 bits per heavy atom. The third-order valence-electron chi connectivity index (χ3n) is 3.28. The molecule has 0 fully saturated rings. The Hall–Kier alpha value is -1.06. The zero-order valence-electron chi connectivity index (χ0n) is 11.3. The SMILES string of the molecule is CCCC(C)C(NN)c1ccc(C)c(OC)c1. The van der Waals surface area contributed by atoms with Gasteiger partial charge in [0.15, 0.2) is 0 Å². The van der Waals surface area contributed by atoms with E-state index in [9.17, 15) is 0 Å². The van der Waals surface area contributed by atoms with Crippen molar-refractivity contribution in [1.82, 2.24) is 5.43 Å². The highest BCUT2D eigenvalue weighted by Gasteiger charge is 2.18. The number of benzene rings is 1. The standard InChI is InChI=1S/C14H24N2O/c1-5-6-11(3)14(16-15)12-8-7-10(2)13(9-12)17-4/h7-9,11,14,16H,5-6,15H2,1-4H3. The molecular weight excluding hydrogens is 212 g/mol. The molecule has 0 aliphatic rings. The smallest absolute Gasteiger partial charge is 0.122 e. The summed E-state index contributed by atoms with van der Waals surface area (Å²) in [6.45, 7) is 6.46. The van der Waals surface area contributed by atoms with Gasteiger partial charge in [0.2, 0.25) is 0 Å². The maximum absolute atomic E-state index is 5.67. The van der Waals surface area contributed by atoms with E-state index in [2.05, 4.69) is 37.5 Å². The van der Waals surface area contributed by atoms with E-state index in [0.29, 0.717) is 5.92 Å². The molecule has 1 rings (SSSR count). The Morgan fingerprint density at radius 2 is 2.12 bits per heavy atom. The monoisotopic (exact) mass is 236 g/mol. The molecule has 0 spiro atoms. The maximum atomic E-state index is 5.67. The van der Waals surface area contributed by atoms with Gasteiger partial charge in [-0.2, -0.15) is 0 Å². The van der Waals surface area contributed by atoms with Crippen molar-refractivity contribution < 1.29 is 4.74 Å². The van der Waals surface area contributed by atoms with E-state index in [0.717, 1.165) is 17.7 Å². The van der Waals surface area contributed by atoms with Crippen molar-refractivity contribution in [3.63, 3.8) is 0 Å². The third-order valence-corrected chi connectivity index (χ3v) is 3.28. The van der Waals surface area contributed by atoms with Crippen LogP contribution in [0.4, 0.5) is 0 Å². The van der Waals surface area contributed by atoms with E-state index in [4.69, 9.17) is 10.6 Å². The number of hydrazine groups is 1. The fourth-order valence-corrected chi connectivity index (χ4v) is 2.24. The van der Waals surface area contributed by atoms with Crippen LogP contribution in [0.15, 0.2) is 18.2 Å². The lowest BCUT2D eigenvalue weighted by atomic mass is 9.91. The largest absolute Gasteiger partial charge is 0.496 e. The zero-order valence-corrected chi connectivity index (χ0v) is 11.3. The zero-order chi connectivity index (χ0) is 12.8. The van der Waals surface area contributed by atoms with Crippen molar-refractivity contribution in [3.05, 3.63) is 29.3 Å². The Morgan fingerprint density at radius 3 is 2.65 bits per heavy atom. The summed E-state index contributed by atoms with van der Waals surface area (Å²) >= 11 is 0. The highest BCUT2D eigenvalue weighted by atomic mass is 16.5. The summed E-state index contributed by atoms with van der Waals surface area (Å²) in [5.41, 5.74) is 5.26. The first-order valence-corrected chi connectivity index (χ1v) is 6.24. The topological polar surface area (TPSA) is 47.3 Å². The van der Waals surface area contributed by atoms with Crippen LogP contribution in [-0.2, 0) is 0 Å². The summed E-state index contributed by atoms with van der Waals surface area (Å²) in [6.07, 6.45) is 2.33. The molecule has 1 aromatic carbocycles. The lowest BCUT2D eigenvalue weighted by Gasteiger charge is -2.24. The summed E-state index contributed by atoms with van der Waals surface area (Å²) in [7, 11) is 1.70. The van der Waals surface area contributed by atoms with Crippen molar-refractivity contribution in [2.24, 2.45) is 11.8 Å². The van der Waals surface area contributed by atoms with Crippen LogP contribution in [0.25, 0.3) is 0 Å². The summed E-state index contributed by atoms with van der Waals surface area (Å²) < 4.78 is 5.35. The second-order valence-electron chi connectivity index (χ2n) is 4.64. The van der Waals surface area contributed by atoms with Gasteiger partial charge in [-0.25, -0.2) is 0 Å². The summed E-state index contributed by atoms with van der Waals surface area (Å²) in [5, 5.41) is 0. The second-order valence-corrected chi connectivity index (χ2v) is 4.64. The summed E-state index contributed by atoms with van der Waals surface area (Å²) in [5.74, 6) is 7.11. The quantitative estimate of drug-likeness (QED) is 0.589. The van der Waals surface area contributed by atoms with Gasteiger partial charge < -0.3 is 4.74 Å². The van der Waals surface area contributed by atoms with Crippen LogP contribution in [0.5, 0.6) is 5.75 Å². The Balaban J connectivity index is 2.95. The van der Waals surface area contributed by atoms with Gasteiger partial charge in [0.1, 0.15) is 5.75 Å². The van der Waals surface area contributed by atoms with E-state index in [1.807, 2.05) is 6.92 Å². The normalized spacial score (nSPS) is 14.4. The number of hydrogen-bond acceptors (Lipinski definition) is 3. The molecule has 0 aromatic heterocycles. The van der Waals surface area contributed by atoms with Crippen LogP contribution in [0.2, 0.25) is 0 Å². The Bertz CT molecular complexity index is 352. The average molecular weight is 236 g/mol. The Kier molecular flexibility index (Phi) is 5.45. The van der Waals surface area contributed by atoms with E-state index >= 15 is 0 Å². The molecule has 0 heterocycles. The molecule has 0 amide bonds. The second kappa shape index (κ2) is 6.62.